The summed E-state index contributed by atoms with van der Waals surface area (Å²) in [6.07, 6.45) is 9.26. The zero-order valence-corrected chi connectivity index (χ0v) is 15.1. The Balaban J connectivity index is 1.44. The number of piperidine rings is 2. The summed E-state index contributed by atoms with van der Waals surface area (Å²) < 4.78 is 5.28. The highest BCUT2D eigenvalue weighted by Crippen LogP contribution is 2.41. The minimum atomic E-state index is -0.152. The van der Waals surface area contributed by atoms with E-state index in [1.807, 2.05) is 11.8 Å². The molecule has 1 spiro atoms. The van der Waals surface area contributed by atoms with E-state index in [0.29, 0.717) is 13.0 Å². The van der Waals surface area contributed by atoms with E-state index in [9.17, 15) is 9.59 Å². The second-order valence-corrected chi connectivity index (χ2v) is 8.06. The quantitative estimate of drug-likeness (QED) is 0.832. The first-order chi connectivity index (χ1) is 12.1. The predicted octanol–water partition coefficient (Wildman–Crippen LogP) is 2.26. The number of fused-ring (bicyclic) bond motifs is 2. The van der Waals surface area contributed by atoms with Crippen LogP contribution in [0.25, 0.3) is 0 Å². The molecule has 2 bridgehead atoms. The normalized spacial score (nSPS) is 30.9. The molecule has 0 saturated carbocycles. The van der Waals surface area contributed by atoms with Crippen molar-refractivity contribution in [3.8, 4) is 0 Å². The van der Waals surface area contributed by atoms with Crippen LogP contribution in [0.2, 0.25) is 0 Å². The van der Waals surface area contributed by atoms with E-state index >= 15 is 0 Å². The molecule has 2 atom stereocenters. The van der Waals surface area contributed by atoms with Crippen molar-refractivity contribution in [2.45, 2.75) is 64.0 Å². The molecule has 138 valence electrons. The number of nitrogens with one attached hydrogen (secondary N) is 1. The Morgan fingerprint density at radius 1 is 1.36 bits per heavy atom. The van der Waals surface area contributed by atoms with E-state index < -0.39 is 0 Å². The fraction of sp³-hybridized carbons (Fsp3) is 0.789. The van der Waals surface area contributed by atoms with E-state index in [2.05, 4.69) is 16.3 Å². The lowest BCUT2D eigenvalue weighted by molar-refractivity contribution is -0.119. The molecule has 0 aromatic rings. The third-order valence-electron chi connectivity index (χ3n) is 6.52. The van der Waals surface area contributed by atoms with Gasteiger partial charge in [-0.25, -0.2) is 4.79 Å². The van der Waals surface area contributed by atoms with E-state index in [1.165, 1.54) is 12.1 Å². The summed E-state index contributed by atoms with van der Waals surface area (Å²) in [6.45, 7) is 5.21. The second-order valence-electron chi connectivity index (χ2n) is 8.06. The van der Waals surface area contributed by atoms with Crippen molar-refractivity contribution in [2.75, 3.05) is 26.2 Å². The molecule has 4 rings (SSSR count). The average molecular weight is 347 g/mol. The van der Waals surface area contributed by atoms with Crippen molar-refractivity contribution in [3.05, 3.63) is 11.8 Å². The fourth-order valence-corrected chi connectivity index (χ4v) is 5.10. The van der Waals surface area contributed by atoms with Gasteiger partial charge in [0.1, 0.15) is 0 Å². The topological polar surface area (TPSA) is 61.9 Å². The zero-order chi connectivity index (χ0) is 17.4. The summed E-state index contributed by atoms with van der Waals surface area (Å²) in [6, 6.07) is 0.468. The average Bonchev–Trinajstić information content (AvgIpc) is 2.95. The van der Waals surface area contributed by atoms with Crippen molar-refractivity contribution in [3.63, 3.8) is 0 Å². The van der Waals surface area contributed by atoms with Crippen molar-refractivity contribution in [1.29, 1.82) is 0 Å². The Kier molecular flexibility index (Phi) is 4.38. The molecule has 4 aliphatic heterocycles. The van der Waals surface area contributed by atoms with Crippen molar-refractivity contribution < 1.29 is 14.3 Å². The SMILES string of the molecule is CCOC(=O)N1C2C=C(N3CCC4(CC3)CNC(=O)C4)CC1CCC2. The van der Waals surface area contributed by atoms with Gasteiger partial charge < -0.3 is 15.0 Å². The Morgan fingerprint density at radius 2 is 2.16 bits per heavy atom. The van der Waals surface area contributed by atoms with Crippen LogP contribution < -0.4 is 5.32 Å². The summed E-state index contributed by atoms with van der Waals surface area (Å²) in [4.78, 5) is 28.4. The van der Waals surface area contributed by atoms with Gasteiger partial charge in [-0.15, -0.1) is 0 Å². The van der Waals surface area contributed by atoms with Gasteiger partial charge in [-0.05, 0) is 50.5 Å². The van der Waals surface area contributed by atoms with Crippen LogP contribution in [0.4, 0.5) is 4.79 Å². The zero-order valence-electron chi connectivity index (χ0n) is 15.1. The molecule has 4 heterocycles. The first kappa shape index (κ1) is 16.7. The van der Waals surface area contributed by atoms with Gasteiger partial charge in [0.15, 0.2) is 0 Å². The maximum atomic E-state index is 12.3. The Hall–Kier alpha value is -1.72. The fourth-order valence-electron chi connectivity index (χ4n) is 5.10. The van der Waals surface area contributed by atoms with Crippen molar-refractivity contribution >= 4 is 12.0 Å². The van der Waals surface area contributed by atoms with Crippen LogP contribution in [0.15, 0.2) is 11.8 Å². The first-order valence-corrected chi connectivity index (χ1v) is 9.78. The molecule has 4 aliphatic rings. The maximum Gasteiger partial charge on any atom is 0.410 e. The van der Waals surface area contributed by atoms with Gasteiger partial charge in [0.25, 0.3) is 0 Å². The number of hydrogen-bond donors (Lipinski definition) is 1. The van der Waals surface area contributed by atoms with E-state index in [4.69, 9.17) is 4.74 Å². The molecule has 25 heavy (non-hydrogen) atoms. The van der Waals surface area contributed by atoms with Crippen LogP contribution in [0.3, 0.4) is 0 Å². The number of carbonyl (C=O) groups is 2. The third-order valence-corrected chi connectivity index (χ3v) is 6.52. The van der Waals surface area contributed by atoms with Gasteiger partial charge in [0.05, 0.1) is 12.6 Å². The number of rotatable bonds is 2. The van der Waals surface area contributed by atoms with Crippen LogP contribution in [-0.4, -0.2) is 60.1 Å². The maximum absolute atomic E-state index is 12.3. The van der Waals surface area contributed by atoms with Crippen LogP contribution in [0, 0.1) is 5.41 Å². The number of hydrogen-bond acceptors (Lipinski definition) is 4. The van der Waals surface area contributed by atoms with Gasteiger partial charge >= 0.3 is 6.09 Å². The molecular formula is C19H29N3O3. The van der Waals surface area contributed by atoms with Crippen LogP contribution in [0.5, 0.6) is 0 Å². The number of ether oxygens (including phenoxy) is 1. The molecule has 3 saturated heterocycles. The van der Waals surface area contributed by atoms with E-state index in [-0.39, 0.29) is 29.5 Å². The van der Waals surface area contributed by atoms with Gasteiger partial charge in [0, 0.05) is 44.2 Å². The third kappa shape index (κ3) is 3.11. The standard InChI is InChI=1S/C19H29N3O3/c1-2-25-18(24)22-14-4-3-5-15(22)11-16(10-14)21-8-6-19(7-9-21)12-17(23)20-13-19/h10,14-15H,2-9,11-13H2,1H3,(H,20,23). The van der Waals surface area contributed by atoms with Gasteiger partial charge in [-0.3, -0.25) is 9.69 Å². The highest BCUT2D eigenvalue weighted by atomic mass is 16.6. The van der Waals surface area contributed by atoms with Gasteiger partial charge in [0.2, 0.25) is 5.91 Å². The molecule has 2 amide bonds. The lowest BCUT2D eigenvalue weighted by Gasteiger charge is -2.48. The van der Waals surface area contributed by atoms with Crippen LogP contribution in [-0.2, 0) is 9.53 Å². The smallest absolute Gasteiger partial charge is 0.410 e. The molecule has 6 nitrogen and oxygen atoms in total. The summed E-state index contributed by atoms with van der Waals surface area (Å²) in [5.74, 6) is 0.213. The molecule has 0 radical (unpaired) electrons. The molecule has 2 unspecified atom stereocenters. The van der Waals surface area contributed by atoms with E-state index in [1.54, 1.807) is 0 Å². The molecule has 0 aromatic carbocycles. The lowest BCUT2D eigenvalue weighted by atomic mass is 9.77. The Bertz CT molecular complexity index is 580. The predicted molar refractivity (Wildman–Crippen MR) is 93.9 cm³/mol. The molecule has 1 N–H and O–H groups in total. The summed E-state index contributed by atoms with van der Waals surface area (Å²) in [5, 5.41) is 3.01. The molecule has 0 aromatic heterocycles. The van der Waals surface area contributed by atoms with Crippen molar-refractivity contribution in [2.24, 2.45) is 5.41 Å². The summed E-state index contributed by atoms with van der Waals surface area (Å²) in [5.41, 5.74) is 1.60. The number of likely N-dealkylation sites (tertiary alicyclic amines) is 1. The molecule has 3 fully saturated rings. The Morgan fingerprint density at radius 3 is 2.80 bits per heavy atom. The number of nitrogens with zero attached hydrogens (tertiary/aromatic N) is 2. The minimum Gasteiger partial charge on any atom is -0.450 e. The van der Waals surface area contributed by atoms with Crippen LogP contribution >= 0.6 is 0 Å². The van der Waals surface area contributed by atoms with Gasteiger partial charge in [-0.2, -0.15) is 0 Å². The minimum absolute atomic E-state index is 0.152. The largest absolute Gasteiger partial charge is 0.450 e. The number of amides is 2. The van der Waals surface area contributed by atoms with Gasteiger partial charge in [-0.1, -0.05) is 0 Å². The summed E-state index contributed by atoms with van der Waals surface area (Å²) >= 11 is 0. The Labute approximate surface area is 149 Å². The number of carbonyl (C=O) groups excluding carboxylic acids is 2. The van der Waals surface area contributed by atoms with Crippen LogP contribution in [0.1, 0.15) is 51.9 Å². The van der Waals surface area contributed by atoms with Crippen molar-refractivity contribution in [1.82, 2.24) is 15.1 Å². The second kappa shape index (κ2) is 6.54. The highest BCUT2D eigenvalue weighted by Gasteiger charge is 2.43. The summed E-state index contributed by atoms with van der Waals surface area (Å²) in [7, 11) is 0. The first-order valence-electron chi connectivity index (χ1n) is 9.78. The lowest BCUT2D eigenvalue weighted by Crippen LogP contribution is -2.53. The molecule has 0 aliphatic carbocycles. The monoisotopic (exact) mass is 347 g/mol. The molecule has 6 heteroatoms. The molecular weight excluding hydrogens is 318 g/mol. The van der Waals surface area contributed by atoms with E-state index in [0.717, 1.165) is 51.7 Å². The highest BCUT2D eigenvalue weighted by molar-refractivity contribution is 5.79.